The van der Waals surface area contributed by atoms with Gasteiger partial charge in [-0.3, -0.25) is 15.0 Å². The predicted molar refractivity (Wildman–Crippen MR) is 134 cm³/mol. The summed E-state index contributed by atoms with van der Waals surface area (Å²) in [6.45, 7) is 3.59. The fourth-order valence-electron chi connectivity index (χ4n) is 5.27. The maximum Gasteiger partial charge on any atom is 0.159 e. The number of benzene rings is 1. The van der Waals surface area contributed by atoms with E-state index in [0.29, 0.717) is 27.4 Å². The highest BCUT2D eigenvalue weighted by Gasteiger charge is 2.32. The first kappa shape index (κ1) is 22.8. The molecule has 0 saturated heterocycles. The van der Waals surface area contributed by atoms with E-state index in [1.807, 2.05) is 25.1 Å². The van der Waals surface area contributed by atoms with E-state index in [-0.39, 0.29) is 12.2 Å². The molecule has 4 heterocycles. The second kappa shape index (κ2) is 9.09. The zero-order valence-corrected chi connectivity index (χ0v) is 20.8. The van der Waals surface area contributed by atoms with Crippen LogP contribution in [0.15, 0.2) is 30.6 Å². The molecule has 1 fully saturated rings. The van der Waals surface area contributed by atoms with E-state index in [4.69, 9.17) is 32.9 Å². The molecule has 3 N–H and O–H groups in total. The first-order valence-electron chi connectivity index (χ1n) is 11.9. The largest absolute Gasteiger partial charge is 0.486 e. The van der Waals surface area contributed by atoms with E-state index in [1.165, 1.54) is 0 Å². The number of ether oxygens (including phenoxy) is 1. The van der Waals surface area contributed by atoms with Crippen molar-refractivity contribution >= 4 is 34.1 Å². The number of rotatable bonds is 5. The molecule has 4 aromatic rings. The van der Waals surface area contributed by atoms with Crippen LogP contribution in [-0.4, -0.2) is 47.3 Å². The van der Waals surface area contributed by atoms with E-state index in [0.717, 1.165) is 72.6 Å². The number of aliphatic hydroxyl groups is 1. The van der Waals surface area contributed by atoms with E-state index in [1.54, 1.807) is 12.4 Å². The number of aliphatic hydroxyl groups excluding tert-OH is 1. The second-order valence-electron chi connectivity index (χ2n) is 9.43. The van der Waals surface area contributed by atoms with Crippen molar-refractivity contribution in [3.63, 3.8) is 0 Å². The number of hydrogen-bond acceptors (Lipinski definition) is 6. The highest BCUT2D eigenvalue weighted by molar-refractivity contribution is 6.35. The fraction of sp³-hybridized carbons (Fsp3) is 0.400. The van der Waals surface area contributed by atoms with Crippen molar-refractivity contribution in [1.29, 1.82) is 0 Å². The molecule has 0 spiro atoms. The molecule has 35 heavy (non-hydrogen) atoms. The third-order valence-corrected chi connectivity index (χ3v) is 7.73. The summed E-state index contributed by atoms with van der Waals surface area (Å²) in [5.41, 5.74) is 4.59. The quantitative estimate of drug-likeness (QED) is 0.330. The van der Waals surface area contributed by atoms with Crippen LogP contribution in [0.25, 0.3) is 22.4 Å². The minimum Gasteiger partial charge on any atom is -0.486 e. The van der Waals surface area contributed by atoms with Gasteiger partial charge in [0.15, 0.2) is 5.82 Å². The minimum absolute atomic E-state index is 0.139. The maximum absolute atomic E-state index is 9.81. The first-order chi connectivity index (χ1) is 17.0. The summed E-state index contributed by atoms with van der Waals surface area (Å²) in [6.07, 6.45) is 6.48. The number of aromatic amines is 2. The van der Waals surface area contributed by atoms with Crippen molar-refractivity contribution in [2.24, 2.45) is 0 Å². The van der Waals surface area contributed by atoms with Crippen LogP contribution < -0.4 is 4.74 Å². The van der Waals surface area contributed by atoms with Gasteiger partial charge >= 0.3 is 0 Å². The van der Waals surface area contributed by atoms with Gasteiger partial charge in [0.1, 0.15) is 17.5 Å². The van der Waals surface area contributed by atoms with Gasteiger partial charge in [-0.05, 0) is 50.8 Å². The summed E-state index contributed by atoms with van der Waals surface area (Å²) in [5, 5.41) is 19.3. The lowest BCUT2D eigenvalue weighted by Crippen LogP contribution is -2.35. The van der Waals surface area contributed by atoms with Crippen molar-refractivity contribution < 1.29 is 9.84 Å². The van der Waals surface area contributed by atoms with Crippen LogP contribution in [0.2, 0.25) is 10.0 Å². The Morgan fingerprint density at radius 3 is 2.63 bits per heavy atom. The predicted octanol–water partition coefficient (Wildman–Crippen LogP) is 5.41. The van der Waals surface area contributed by atoms with Gasteiger partial charge in [-0.25, -0.2) is 4.98 Å². The zero-order valence-electron chi connectivity index (χ0n) is 19.3. The summed E-state index contributed by atoms with van der Waals surface area (Å²) in [5.74, 6) is 1.44. The van der Waals surface area contributed by atoms with Gasteiger partial charge < -0.3 is 14.8 Å². The third-order valence-electron chi connectivity index (χ3n) is 7.13. The summed E-state index contributed by atoms with van der Waals surface area (Å²) in [4.78, 5) is 14.9. The summed E-state index contributed by atoms with van der Waals surface area (Å²) in [7, 11) is 0. The van der Waals surface area contributed by atoms with Crippen molar-refractivity contribution in [1.82, 2.24) is 30.0 Å². The Hall–Kier alpha value is -2.65. The lowest BCUT2D eigenvalue weighted by Gasteiger charge is -2.32. The number of pyridine rings is 1. The normalized spacial score (nSPS) is 21.4. The highest BCUT2D eigenvalue weighted by Crippen LogP contribution is 2.36. The monoisotopic (exact) mass is 512 g/mol. The van der Waals surface area contributed by atoms with Crippen molar-refractivity contribution in [3.8, 4) is 17.3 Å². The molecule has 10 heteroatoms. The van der Waals surface area contributed by atoms with E-state index >= 15 is 0 Å². The average Bonchev–Trinajstić information content (AvgIpc) is 3.52. The molecule has 0 amide bonds. The molecule has 1 aromatic carbocycles. The minimum atomic E-state index is -0.356. The Morgan fingerprint density at radius 1 is 1.11 bits per heavy atom. The van der Waals surface area contributed by atoms with Crippen LogP contribution in [0.4, 0.5) is 0 Å². The Labute approximate surface area is 212 Å². The van der Waals surface area contributed by atoms with Gasteiger partial charge in [0.2, 0.25) is 0 Å². The third kappa shape index (κ3) is 4.29. The van der Waals surface area contributed by atoms with Crippen LogP contribution in [0.3, 0.4) is 0 Å². The SMILES string of the molecule is CC(Oc1ccc2[nH]nc(-c3nc4c([nH]3)CN(C3CCC(O)CC3)C4)c2c1)c1c(Cl)cncc1Cl. The van der Waals surface area contributed by atoms with Crippen LogP contribution in [0, 0.1) is 0 Å². The van der Waals surface area contributed by atoms with Crippen molar-refractivity contribution in [2.45, 2.75) is 63.9 Å². The number of hydrogen-bond donors (Lipinski definition) is 3. The zero-order chi connectivity index (χ0) is 24.1. The van der Waals surface area contributed by atoms with Crippen molar-refractivity contribution in [2.75, 3.05) is 0 Å². The molecule has 1 saturated carbocycles. The molecule has 6 rings (SSSR count). The van der Waals surface area contributed by atoms with E-state index in [2.05, 4.69) is 25.1 Å². The summed E-state index contributed by atoms with van der Waals surface area (Å²) < 4.78 is 6.19. The number of nitrogens with zero attached hydrogens (tertiary/aromatic N) is 4. The number of fused-ring (bicyclic) bond motifs is 2. The molecule has 0 bridgehead atoms. The molecule has 1 unspecified atom stereocenters. The molecule has 0 radical (unpaired) electrons. The fourth-order valence-corrected chi connectivity index (χ4v) is 5.94. The van der Waals surface area contributed by atoms with E-state index < -0.39 is 0 Å². The van der Waals surface area contributed by atoms with Crippen LogP contribution in [0.5, 0.6) is 5.75 Å². The van der Waals surface area contributed by atoms with Crippen molar-refractivity contribution in [3.05, 3.63) is 57.6 Å². The molecule has 1 aliphatic heterocycles. The van der Waals surface area contributed by atoms with Gasteiger partial charge in [0.05, 0.1) is 33.1 Å². The Kier molecular flexibility index (Phi) is 5.92. The van der Waals surface area contributed by atoms with Gasteiger partial charge in [-0.1, -0.05) is 23.2 Å². The second-order valence-corrected chi connectivity index (χ2v) is 10.2. The van der Waals surface area contributed by atoms with Gasteiger partial charge in [0.25, 0.3) is 0 Å². The van der Waals surface area contributed by atoms with Crippen LogP contribution in [-0.2, 0) is 13.1 Å². The smallest absolute Gasteiger partial charge is 0.159 e. The topological polar surface area (TPSA) is 103 Å². The number of halogens is 2. The molecule has 3 aromatic heterocycles. The van der Waals surface area contributed by atoms with Gasteiger partial charge in [-0.15, -0.1) is 0 Å². The standard InChI is InChI=1S/C25H26Cl2N6O2/c1-13(23-18(26)9-28-10-19(23)27)35-16-6-7-20-17(8-16)24(32-31-20)25-29-21-11-33(12-22(21)30-25)14-2-4-15(34)5-3-14/h6-10,13-15,34H,2-5,11-12H2,1H3,(H,29,30)(H,31,32). The average molecular weight is 513 g/mol. The molecule has 182 valence electrons. The molecule has 1 aliphatic carbocycles. The Bertz CT molecular complexity index is 1330. The number of aromatic nitrogens is 5. The van der Waals surface area contributed by atoms with Gasteiger partial charge in [0, 0.05) is 42.5 Å². The molecule has 1 atom stereocenters. The molecule has 2 aliphatic rings. The highest BCUT2D eigenvalue weighted by atomic mass is 35.5. The number of imidazole rings is 1. The lowest BCUT2D eigenvalue weighted by atomic mass is 9.92. The Morgan fingerprint density at radius 2 is 1.89 bits per heavy atom. The first-order valence-corrected chi connectivity index (χ1v) is 12.7. The molecular weight excluding hydrogens is 487 g/mol. The number of nitrogens with one attached hydrogen (secondary N) is 2. The Balaban J connectivity index is 1.22. The van der Waals surface area contributed by atoms with Crippen LogP contribution in [0.1, 0.15) is 55.7 Å². The maximum atomic E-state index is 9.81. The van der Waals surface area contributed by atoms with Crippen LogP contribution >= 0.6 is 23.2 Å². The molecule has 8 nitrogen and oxygen atoms in total. The van der Waals surface area contributed by atoms with Gasteiger partial charge in [-0.2, -0.15) is 5.10 Å². The number of H-pyrrole nitrogens is 2. The lowest BCUT2D eigenvalue weighted by molar-refractivity contribution is 0.0719. The summed E-state index contributed by atoms with van der Waals surface area (Å²) >= 11 is 12.6. The summed E-state index contributed by atoms with van der Waals surface area (Å²) in [6, 6.07) is 6.31. The van der Waals surface area contributed by atoms with E-state index in [9.17, 15) is 5.11 Å². The molecular formula is C25H26Cl2N6O2.